The molecule has 1 unspecified atom stereocenters. The van der Waals surface area contributed by atoms with E-state index >= 15 is 0 Å². The molecule has 17 heavy (non-hydrogen) atoms. The molecule has 1 atom stereocenters. The van der Waals surface area contributed by atoms with Gasteiger partial charge in [0.2, 0.25) is 5.91 Å². The summed E-state index contributed by atoms with van der Waals surface area (Å²) in [4.78, 5) is 10.9. The summed E-state index contributed by atoms with van der Waals surface area (Å²) < 4.78 is 37.4. The number of carbonyl (C=O) groups excluding carboxylic acids is 1. The largest absolute Gasteiger partial charge is 1.00 e. The fourth-order valence-corrected chi connectivity index (χ4v) is 2.03. The van der Waals surface area contributed by atoms with Crippen LogP contribution in [0.3, 0.4) is 0 Å². The van der Waals surface area contributed by atoms with E-state index in [1.54, 1.807) is 0 Å². The molecular weight excluding hydrogens is 257 g/mol. The molecule has 88 valence electrons. The fourth-order valence-electron chi connectivity index (χ4n) is 1.25. The third-order valence-corrected chi connectivity index (χ3v) is 3.05. The fraction of sp³-hybridized carbons (Fsp3) is 0.222. The standard InChI is InChI=1S/C9H11NO5S.Na/c1-15-7-4-2-6(3-5-7)8(9(10)11)16(12,13)14;/h2-5,8H,1H3,(H2,10,11)(H,12,13,14);/q;+1/p-1. The third kappa shape index (κ3) is 4.29. The quantitative estimate of drug-likeness (QED) is 0.455. The number of ether oxygens (including phenoxy) is 1. The minimum absolute atomic E-state index is 0. The second kappa shape index (κ2) is 6.36. The normalized spacial score (nSPS) is 12.4. The van der Waals surface area contributed by atoms with Gasteiger partial charge < -0.3 is 15.0 Å². The van der Waals surface area contributed by atoms with E-state index in [0.29, 0.717) is 5.75 Å². The van der Waals surface area contributed by atoms with Crippen molar-refractivity contribution >= 4 is 16.0 Å². The van der Waals surface area contributed by atoms with Gasteiger partial charge in [0.15, 0.2) is 5.25 Å². The Hall–Kier alpha value is -0.600. The van der Waals surface area contributed by atoms with Gasteiger partial charge in [-0.05, 0) is 17.7 Å². The maximum atomic E-state index is 10.9. The minimum atomic E-state index is -4.80. The van der Waals surface area contributed by atoms with Crippen LogP contribution in [0.15, 0.2) is 24.3 Å². The molecule has 1 aromatic rings. The smallest absolute Gasteiger partial charge is 0.747 e. The maximum Gasteiger partial charge on any atom is 1.00 e. The predicted octanol–water partition coefficient (Wildman–Crippen LogP) is -3.23. The number of rotatable bonds is 4. The molecule has 0 fully saturated rings. The molecule has 0 spiro atoms. The zero-order chi connectivity index (χ0) is 12.3. The molecule has 1 amide bonds. The van der Waals surface area contributed by atoms with Gasteiger partial charge in [-0.3, -0.25) is 4.79 Å². The van der Waals surface area contributed by atoms with Crippen molar-refractivity contribution < 1.29 is 52.1 Å². The second-order valence-corrected chi connectivity index (χ2v) is 4.51. The van der Waals surface area contributed by atoms with E-state index in [9.17, 15) is 17.8 Å². The van der Waals surface area contributed by atoms with Gasteiger partial charge in [0.25, 0.3) is 0 Å². The Balaban J connectivity index is 0.00000256. The van der Waals surface area contributed by atoms with E-state index < -0.39 is 21.3 Å². The van der Waals surface area contributed by atoms with E-state index in [2.05, 4.69) is 0 Å². The molecule has 0 bridgehead atoms. The van der Waals surface area contributed by atoms with Gasteiger partial charge in [-0.1, -0.05) is 12.1 Å². The summed E-state index contributed by atoms with van der Waals surface area (Å²) in [5, 5.41) is -1.86. The Kier molecular flexibility index (Phi) is 6.14. The van der Waals surface area contributed by atoms with Gasteiger partial charge >= 0.3 is 29.6 Å². The summed E-state index contributed by atoms with van der Waals surface area (Å²) in [6, 6.07) is 5.50. The first-order valence-corrected chi connectivity index (χ1v) is 5.71. The summed E-state index contributed by atoms with van der Waals surface area (Å²) in [6.07, 6.45) is 0. The van der Waals surface area contributed by atoms with Gasteiger partial charge in [-0.15, -0.1) is 0 Å². The second-order valence-electron chi connectivity index (χ2n) is 3.05. The molecule has 0 aliphatic heterocycles. The SMILES string of the molecule is COc1ccc(C(C(N)=O)S(=O)(=O)[O-])cc1.[Na+]. The summed E-state index contributed by atoms with van der Waals surface area (Å²) in [5.74, 6) is -0.713. The number of amides is 1. The molecule has 0 saturated heterocycles. The monoisotopic (exact) mass is 267 g/mol. The molecule has 0 aliphatic carbocycles. The van der Waals surface area contributed by atoms with Crippen molar-refractivity contribution in [2.45, 2.75) is 5.25 Å². The average Bonchev–Trinajstić information content (AvgIpc) is 2.16. The topological polar surface area (TPSA) is 110 Å². The van der Waals surface area contributed by atoms with Crippen molar-refractivity contribution in [3.63, 3.8) is 0 Å². The van der Waals surface area contributed by atoms with Crippen molar-refractivity contribution in [3.8, 4) is 5.75 Å². The molecule has 2 N–H and O–H groups in total. The number of hydrogen-bond acceptors (Lipinski definition) is 5. The Bertz CT molecular complexity index is 485. The van der Waals surface area contributed by atoms with Crippen LogP contribution in [-0.2, 0) is 14.9 Å². The van der Waals surface area contributed by atoms with E-state index in [0.717, 1.165) is 0 Å². The van der Waals surface area contributed by atoms with Gasteiger partial charge in [-0.25, -0.2) is 8.42 Å². The molecule has 0 saturated carbocycles. The summed E-state index contributed by atoms with van der Waals surface area (Å²) in [5.41, 5.74) is 4.91. The number of benzene rings is 1. The van der Waals surface area contributed by atoms with Crippen LogP contribution in [0.4, 0.5) is 0 Å². The van der Waals surface area contributed by atoms with Crippen LogP contribution in [0.2, 0.25) is 0 Å². The first-order chi connectivity index (χ1) is 7.36. The minimum Gasteiger partial charge on any atom is -0.747 e. The Morgan fingerprint density at radius 3 is 2.12 bits per heavy atom. The molecule has 1 rings (SSSR count). The first-order valence-electron chi connectivity index (χ1n) is 4.24. The molecule has 0 aromatic heterocycles. The van der Waals surface area contributed by atoms with Gasteiger partial charge in [-0.2, -0.15) is 0 Å². The van der Waals surface area contributed by atoms with Crippen LogP contribution in [0.25, 0.3) is 0 Å². The average molecular weight is 267 g/mol. The zero-order valence-corrected chi connectivity index (χ0v) is 12.2. The summed E-state index contributed by atoms with van der Waals surface area (Å²) in [6.45, 7) is 0. The van der Waals surface area contributed by atoms with Crippen LogP contribution < -0.4 is 40.0 Å². The van der Waals surface area contributed by atoms with Crippen LogP contribution in [-0.4, -0.2) is 26.0 Å². The van der Waals surface area contributed by atoms with Crippen molar-refractivity contribution in [3.05, 3.63) is 29.8 Å². The number of hydrogen-bond donors (Lipinski definition) is 1. The molecule has 0 heterocycles. The predicted molar refractivity (Wildman–Crippen MR) is 54.6 cm³/mol. The van der Waals surface area contributed by atoms with E-state index in [4.69, 9.17) is 10.5 Å². The molecule has 1 aromatic carbocycles. The third-order valence-electron chi connectivity index (χ3n) is 1.97. The number of nitrogens with two attached hydrogens (primary N) is 1. The Morgan fingerprint density at radius 2 is 1.82 bits per heavy atom. The maximum absolute atomic E-state index is 10.9. The van der Waals surface area contributed by atoms with Crippen molar-refractivity contribution in [1.82, 2.24) is 0 Å². The summed E-state index contributed by atoms with van der Waals surface area (Å²) >= 11 is 0. The van der Waals surface area contributed by atoms with Crippen LogP contribution in [0.5, 0.6) is 5.75 Å². The number of carbonyl (C=O) groups is 1. The van der Waals surface area contributed by atoms with E-state index in [1.807, 2.05) is 0 Å². The first kappa shape index (κ1) is 16.4. The Labute approximate surface area is 121 Å². The van der Waals surface area contributed by atoms with Crippen LogP contribution >= 0.6 is 0 Å². The van der Waals surface area contributed by atoms with E-state index in [1.165, 1.54) is 31.4 Å². The van der Waals surface area contributed by atoms with Gasteiger partial charge in [0.1, 0.15) is 15.9 Å². The molecule has 8 heteroatoms. The van der Waals surface area contributed by atoms with Gasteiger partial charge in [0.05, 0.1) is 7.11 Å². The van der Waals surface area contributed by atoms with Crippen molar-refractivity contribution in [2.75, 3.05) is 7.11 Å². The van der Waals surface area contributed by atoms with Crippen LogP contribution in [0.1, 0.15) is 10.8 Å². The molecular formula is C9H10NNaO5S. The number of primary amides is 1. The van der Waals surface area contributed by atoms with Gasteiger partial charge in [0, 0.05) is 0 Å². The molecule has 6 nitrogen and oxygen atoms in total. The number of methoxy groups -OCH3 is 1. The van der Waals surface area contributed by atoms with Crippen molar-refractivity contribution in [2.24, 2.45) is 5.73 Å². The Morgan fingerprint density at radius 1 is 1.35 bits per heavy atom. The zero-order valence-electron chi connectivity index (χ0n) is 9.41. The van der Waals surface area contributed by atoms with Crippen molar-refractivity contribution in [1.29, 1.82) is 0 Å². The molecule has 0 radical (unpaired) electrons. The van der Waals surface area contributed by atoms with E-state index in [-0.39, 0.29) is 35.1 Å². The molecule has 0 aliphatic rings. The van der Waals surface area contributed by atoms with Crippen LogP contribution in [0, 0.1) is 0 Å². The summed E-state index contributed by atoms with van der Waals surface area (Å²) in [7, 11) is -3.37.